The van der Waals surface area contributed by atoms with E-state index >= 15 is 0 Å². The Morgan fingerprint density at radius 1 is 1.12 bits per heavy atom. The second-order valence-corrected chi connectivity index (χ2v) is 5.46. The number of carboxylic acid groups (broad SMARTS) is 1. The van der Waals surface area contributed by atoms with Gasteiger partial charge in [-0.3, -0.25) is 14.7 Å². The normalized spacial score (nSPS) is 11.3. The highest BCUT2D eigenvalue weighted by Gasteiger charge is 2.20. The molecule has 0 bridgehead atoms. The molecule has 130 valence electrons. The summed E-state index contributed by atoms with van der Waals surface area (Å²) in [5.74, 6) is -0.454. The van der Waals surface area contributed by atoms with Gasteiger partial charge < -0.3 is 5.11 Å². The number of nitro benzene ring substituents is 1. The van der Waals surface area contributed by atoms with Gasteiger partial charge in [-0.15, -0.1) is 10.2 Å². The number of aromatic nitrogens is 3. The number of carbonyl (C=O) groups is 1. The molecule has 0 aliphatic rings. The van der Waals surface area contributed by atoms with Crippen molar-refractivity contribution in [2.24, 2.45) is 0 Å². The van der Waals surface area contributed by atoms with Gasteiger partial charge in [0.25, 0.3) is 5.69 Å². The van der Waals surface area contributed by atoms with Crippen molar-refractivity contribution < 1.29 is 14.8 Å². The van der Waals surface area contributed by atoms with E-state index in [0.717, 1.165) is 0 Å². The Hall–Kier alpha value is -3.81. The van der Waals surface area contributed by atoms with Gasteiger partial charge in [-0.2, -0.15) is 0 Å². The predicted molar refractivity (Wildman–Crippen MR) is 95.1 cm³/mol. The SMILES string of the molecule is Cc1nnc(-c2ccc([N+](=O)[O-])cc2)n1/C(=C\c1ccccc1)C(=O)O. The molecule has 0 saturated carbocycles. The third-order valence-electron chi connectivity index (χ3n) is 3.72. The van der Waals surface area contributed by atoms with Crippen LogP contribution in [0.3, 0.4) is 0 Å². The maximum Gasteiger partial charge on any atom is 0.352 e. The molecule has 1 heterocycles. The van der Waals surface area contributed by atoms with Crippen LogP contribution in [0.5, 0.6) is 0 Å². The van der Waals surface area contributed by atoms with E-state index in [4.69, 9.17) is 0 Å². The Balaban J connectivity index is 2.12. The molecule has 26 heavy (non-hydrogen) atoms. The Kier molecular flexibility index (Phi) is 4.57. The molecular formula is C18H14N4O4. The first-order valence-electron chi connectivity index (χ1n) is 7.64. The quantitative estimate of drug-likeness (QED) is 0.429. The Morgan fingerprint density at radius 3 is 2.35 bits per heavy atom. The van der Waals surface area contributed by atoms with Gasteiger partial charge in [0, 0.05) is 17.7 Å². The highest BCUT2D eigenvalue weighted by molar-refractivity contribution is 6.15. The van der Waals surface area contributed by atoms with Crippen LogP contribution in [0.1, 0.15) is 11.4 Å². The molecule has 1 N–H and O–H groups in total. The van der Waals surface area contributed by atoms with Crippen molar-refractivity contribution in [1.29, 1.82) is 0 Å². The molecular weight excluding hydrogens is 336 g/mol. The second kappa shape index (κ2) is 6.98. The van der Waals surface area contributed by atoms with E-state index in [1.54, 1.807) is 19.1 Å². The first-order valence-corrected chi connectivity index (χ1v) is 7.64. The fourth-order valence-electron chi connectivity index (χ4n) is 2.50. The molecule has 0 saturated heterocycles. The molecule has 0 aliphatic heterocycles. The molecule has 0 amide bonds. The lowest BCUT2D eigenvalue weighted by Gasteiger charge is -2.10. The molecule has 8 heteroatoms. The van der Waals surface area contributed by atoms with Gasteiger partial charge >= 0.3 is 5.97 Å². The Bertz CT molecular complexity index is 992. The van der Waals surface area contributed by atoms with Crippen LogP contribution in [0.2, 0.25) is 0 Å². The van der Waals surface area contributed by atoms with Gasteiger partial charge in [-0.05, 0) is 30.7 Å². The number of non-ortho nitro benzene ring substituents is 1. The van der Waals surface area contributed by atoms with Gasteiger partial charge in [-0.1, -0.05) is 30.3 Å². The van der Waals surface area contributed by atoms with E-state index < -0.39 is 10.9 Å². The highest BCUT2D eigenvalue weighted by Crippen LogP contribution is 2.25. The second-order valence-electron chi connectivity index (χ2n) is 5.46. The zero-order valence-corrected chi connectivity index (χ0v) is 13.7. The maximum atomic E-state index is 11.8. The van der Waals surface area contributed by atoms with E-state index in [9.17, 15) is 20.0 Å². The first kappa shape index (κ1) is 17.0. The molecule has 0 atom stereocenters. The Morgan fingerprint density at radius 2 is 1.77 bits per heavy atom. The average molecular weight is 350 g/mol. The van der Waals surface area contributed by atoms with Gasteiger partial charge in [0.05, 0.1) is 4.92 Å². The fourth-order valence-corrected chi connectivity index (χ4v) is 2.50. The molecule has 3 rings (SSSR count). The summed E-state index contributed by atoms with van der Waals surface area (Å²) in [6.45, 7) is 1.64. The van der Waals surface area contributed by atoms with Crippen LogP contribution in [-0.2, 0) is 4.79 Å². The summed E-state index contributed by atoms with van der Waals surface area (Å²) in [6, 6.07) is 14.7. The topological polar surface area (TPSA) is 111 Å². The lowest BCUT2D eigenvalue weighted by atomic mass is 10.1. The molecule has 8 nitrogen and oxygen atoms in total. The molecule has 0 spiro atoms. The van der Waals surface area contributed by atoms with E-state index in [0.29, 0.717) is 22.8 Å². The van der Waals surface area contributed by atoms with Crippen molar-refractivity contribution in [2.75, 3.05) is 0 Å². The summed E-state index contributed by atoms with van der Waals surface area (Å²) < 4.78 is 1.41. The number of nitrogens with zero attached hydrogens (tertiary/aromatic N) is 4. The van der Waals surface area contributed by atoms with Crippen LogP contribution in [0.25, 0.3) is 23.2 Å². The number of aryl methyl sites for hydroxylation is 1. The molecule has 0 fully saturated rings. The number of rotatable bonds is 5. The molecule has 0 radical (unpaired) electrons. The number of benzene rings is 2. The zero-order valence-electron chi connectivity index (χ0n) is 13.7. The van der Waals surface area contributed by atoms with E-state index in [1.165, 1.54) is 34.9 Å². The van der Waals surface area contributed by atoms with E-state index in [-0.39, 0.29) is 11.4 Å². The van der Waals surface area contributed by atoms with Gasteiger partial charge in [-0.25, -0.2) is 4.79 Å². The number of aliphatic carboxylic acids is 1. The minimum Gasteiger partial charge on any atom is -0.477 e. The van der Waals surface area contributed by atoms with Crippen molar-refractivity contribution in [3.05, 3.63) is 76.1 Å². The van der Waals surface area contributed by atoms with E-state index in [1.807, 2.05) is 18.2 Å². The summed E-state index contributed by atoms with van der Waals surface area (Å²) >= 11 is 0. The third-order valence-corrected chi connectivity index (χ3v) is 3.72. The van der Waals surface area contributed by atoms with Crippen LogP contribution in [0.4, 0.5) is 5.69 Å². The lowest BCUT2D eigenvalue weighted by molar-refractivity contribution is -0.384. The summed E-state index contributed by atoms with van der Waals surface area (Å²) in [5, 5.41) is 28.5. The summed E-state index contributed by atoms with van der Waals surface area (Å²) in [4.78, 5) is 22.2. The third kappa shape index (κ3) is 3.34. The van der Waals surface area contributed by atoms with E-state index in [2.05, 4.69) is 10.2 Å². The summed E-state index contributed by atoms with van der Waals surface area (Å²) in [5.41, 5.74) is 1.16. The van der Waals surface area contributed by atoms with Crippen LogP contribution >= 0.6 is 0 Å². The number of hydrogen-bond acceptors (Lipinski definition) is 5. The van der Waals surface area contributed by atoms with Gasteiger partial charge in [0.2, 0.25) is 0 Å². The van der Waals surface area contributed by atoms with Crippen molar-refractivity contribution in [3.8, 4) is 11.4 Å². The fraction of sp³-hybridized carbons (Fsp3) is 0.0556. The van der Waals surface area contributed by atoms with Gasteiger partial charge in [0.1, 0.15) is 11.5 Å². The first-order chi connectivity index (χ1) is 12.5. The zero-order chi connectivity index (χ0) is 18.7. The van der Waals surface area contributed by atoms with Crippen LogP contribution in [-0.4, -0.2) is 30.8 Å². The van der Waals surface area contributed by atoms with Crippen LogP contribution < -0.4 is 0 Å². The smallest absolute Gasteiger partial charge is 0.352 e. The molecule has 3 aromatic rings. The largest absolute Gasteiger partial charge is 0.477 e. The minimum atomic E-state index is -1.14. The van der Waals surface area contributed by atoms with Gasteiger partial charge in [0.15, 0.2) is 5.82 Å². The van der Waals surface area contributed by atoms with Crippen molar-refractivity contribution in [3.63, 3.8) is 0 Å². The van der Waals surface area contributed by atoms with Crippen molar-refractivity contribution in [2.45, 2.75) is 6.92 Å². The lowest BCUT2D eigenvalue weighted by Crippen LogP contribution is -2.11. The average Bonchev–Trinajstić information content (AvgIpc) is 3.01. The van der Waals surface area contributed by atoms with Crippen LogP contribution in [0, 0.1) is 17.0 Å². The summed E-state index contributed by atoms with van der Waals surface area (Å²) in [7, 11) is 0. The minimum absolute atomic E-state index is 0.0212. The monoisotopic (exact) mass is 350 g/mol. The highest BCUT2D eigenvalue weighted by atomic mass is 16.6. The Labute approximate surface area is 148 Å². The molecule has 0 aliphatic carbocycles. The molecule has 0 unspecified atom stereocenters. The number of carboxylic acids is 1. The molecule has 1 aromatic heterocycles. The van der Waals surface area contributed by atoms with Crippen molar-refractivity contribution in [1.82, 2.24) is 14.8 Å². The standard InChI is InChI=1S/C18H14N4O4/c1-12-19-20-17(14-7-9-15(10-8-14)22(25)26)21(12)16(18(23)24)11-13-5-3-2-4-6-13/h2-11H,1H3,(H,23,24)/b16-11-. The number of hydrogen-bond donors (Lipinski definition) is 1. The number of nitro groups is 1. The van der Waals surface area contributed by atoms with Crippen molar-refractivity contribution >= 4 is 23.4 Å². The predicted octanol–water partition coefficient (Wildman–Crippen LogP) is 3.24. The summed E-state index contributed by atoms with van der Waals surface area (Å²) in [6.07, 6.45) is 1.52. The molecule has 2 aromatic carbocycles. The maximum absolute atomic E-state index is 11.8. The van der Waals surface area contributed by atoms with Crippen LogP contribution in [0.15, 0.2) is 54.6 Å².